The van der Waals surface area contributed by atoms with Gasteiger partial charge in [0, 0.05) is 55.9 Å². The maximum absolute atomic E-state index is 15.2. The van der Waals surface area contributed by atoms with Gasteiger partial charge in [-0.1, -0.05) is 41.9 Å². The van der Waals surface area contributed by atoms with E-state index in [4.69, 9.17) is 11.6 Å². The van der Waals surface area contributed by atoms with E-state index in [-0.39, 0.29) is 25.4 Å². The predicted octanol–water partition coefficient (Wildman–Crippen LogP) is 6.26. The van der Waals surface area contributed by atoms with Gasteiger partial charge in [0.25, 0.3) is 0 Å². The van der Waals surface area contributed by atoms with Crippen LogP contribution < -0.4 is 4.90 Å². The second kappa shape index (κ2) is 12.1. The van der Waals surface area contributed by atoms with Crippen LogP contribution in [0.4, 0.5) is 23.2 Å². The van der Waals surface area contributed by atoms with Crippen molar-refractivity contribution in [1.29, 1.82) is 0 Å². The van der Waals surface area contributed by atoms with Gasteiger partial charge in [-0.25, -0.2) is 12.8 Å². The first-order valence-electron chi connectivity index (χ1n) is 14.0. The van der Waals surface area contributed by atoms with Crippen molar-refractivity contribution in [1.82, 2.24) is 9.21 Å². The summed E-state index contributed by atoms with van der Waals surface area (Å²) in [7, 11) is -4.62. The van der Waals surface area contributed by atoms with Crippen LogP contribution >= 0.6 is 11.6 Å². The van der Waals surface area contributed by atoms with Gasteiger partial charge < -0.3 is 9.80 Å². The lowest BCUT2D eigenvalue weighted by Gasteiger charge is -2.42. The Morgan fingerprint density at radius 2 is 1.63 bits per heavy atom. The van der Waals surface area contributed by atoms with Gasteiger partial charge in [-0.05, 0) is 67.3 Å². The van der Waals surface area contributed by atoms with Gasteiger partial charge in [0.1, 0.15) is 5.82 Å². The molecule has 12 heteroatoms. The maximum Gasteiger partial charge on any atom is 0.417 e. The predicted molar refractivity (Wildman–Crippen MR) is 157 cm³/mol. The molecule has 0 saturated carbocycles. The van der Waals surface area contributed by atoms with Gasteiger partial charge in [0.15, 0.2) is 0 Å². The third-order valence-corrected chi connectivity index (χ3v) is 10.5. The first-order chi connectivity index (χ1) is 20.3. The van der Waals surface area contributed by atoms with Gasteiger partial charge in [-0.15, -0.1) is 0 Å². The number of sulfonamides is 1. The van der Waals surface area contributed by atoms with E-state index in [0.29, 0.717) is 42.3 Å². The third-order valence-electron chi connectivity index (χ3n) is 8.36. The van der Waals surface area contributed by atoms with Gasteiger partial charge in [-0.3, -0.25) is 4.79 Å². The van der Waals surface area contributed by atoms with Gasteiger partial charge in [-0.2, -0.15) is 17.5 Å². The van der Waals surface area contributed by atoms with Gasteiger partial charge >= 0.3 is 6.18 Å². The number of piperidine rings is 1. The van der Waals surface area contributed by atoms with E-state index in [2.05, 4.69) is 4.90 Å². The number of nitrogens with zero attached hydrogens (tertiary/aromatic N) is 3. The van der Waals surface area contributed by atoms with Crippen molar-refractivity contribution in [3.8, 4) is 0 Å². The number of carbonyl (C=O) groups excluding carboxylic acids is 1. The molecule has 0 aromatic heterocycles. The van der Waals surface area contributed by atoms with Crippen LogP contribution in [-0.2, 0) is 21.0 Å². The molecule has 0 unspecified atom stereocenters. The summed E-state index contributed by atoms with van der Waals surface area (Å²) < 4.78 is 84.7. The highest BCUT2D eigenvalue weighted by Crippen LogP contribution is 2.40. The summed E-state index contributed by atoms with van der Waals surface area (Å²) in [5, 5.41) is 0.595. The lowest BCUT2D eigenvalue weighted by Crippen LogP contribution is -2.54. The lowest BCUT2D eigenvalue weighted by atomic mass is 9.79. The second-order valence-corrected chi connectivity index (χ2v) is 13.5. The molecule has 5 rings (SSSR count). The second-order valence-electron chi connectivity index (χ2n) is 11.1. The summed E-state index contributed by atoms with van der Waals surface area (Å²) in [4.78, 5) is 17.0. The van der Waals surface area contributed by atoms with Crippen LogP contribution in [0.2, 0.25) is 5.02 Å². The molecule has 2 atom stereocenters. The number of hydrogen-bond acceptors (Lipinski definition) is 4. The molecule has 2 aliphatic rings. The van der Waals surface area contributed by atoms with Crippen molar-refractivity contribution in [2.24, 2.45) is 5.92 Å². The lowest BCUT2D eigenvalue weighted by molar-refractivity contribution is -0.140. The Balaban J connectivity index is 1.44. The number of benzene rings is 3. The Hall–Kier alpha value is -3.15. The van der Waals surface area contributed by atoms with Gasteiger partial charge in [0.2, 0.25) is 15.9 Å². The highest BCUT2D eigenvalue weighted by atomic mass is 35.5. The highest BCUT2D eigenvalue weighted by Gasteiger charge is 2.45. The highest BCUT2D eigenvalue weighted by molar-refractivity contribution is 7.89. The maximum atomic E-state index is 15.2. The zero-order chi connectivity index (χ0) is 31.1. The molecule has 3 aromatic carbocycles. The first-order valence-corrected chi connectivity index (χ1v) is 15.8. The largest absolute Gasteiger partial charge is 0.417 e. The molecule has 0 aliphatic carbocycles. The zero-order valence-electron chi connectivity index (χ0n) is 23.7. The Labute approximate surface area is 253 Å². The van der Waals surface area contributed by atoms with Crippen LogP contribution in [0.5, 0.6) is 0 Å². The number of aryl methyl sites for hydroxylation is 2. The Bertz CT molecular complexity index is 1620. The quantitative estimate of drug-likeness (QED) is 0.310. The molecule has 3 aromatic rings. The monoisotopic (exact) mass is 637 g/mol. The van der Waals surface area contributed by atoms with Crippen molar-refractivity contribution in [3.63, 3.8) is 0 Å². The number of hydrogen-bond donors (Lipinski definition) is 0. The molecule has 2 aliphatic heterocycles. The molecule has 0 bridgehead atoms. The summed E-state index contributed by atoms with van der Waals surface area (Å²) in [6, 6.07) is 14.3. The zero-order valence-corrected chi connectivity index (χ0v) is 25.3. The van der Waals surface area contributed by atoms with Crippen LogP contribution in [0.15, 0.2) is 65.6 Å². The molecule has 2 fully saturated rings. The normalized spacial score (nSPS) is 20.3. The van der Waals surface area contributed by atoms with Crippen molar-refractivity contribution in [2.75, 3.05) is 44.2 Å². The van der Waals surface area contributed by atoms with Crippen LogP contribution in [-0.4, -0.2) is 62.8 Å². The molecular weight excluding hydrogens is 606 g/mol. The first kappa shape index (κ1) is 31.3. The van der Waals surface area contributed by atoms with Crippen molar-refractivity contribution in [2.45, 2.75) is 37.3 Å². The Morgan fingerprint density at radius 1 is 0.930 bits per heavy atom. The Kier molecular flexibility index (Phi) is 8.79. The molecule has 6 nitrogen and oxygen atoms in total. The average Bonchev–Trinajstić information content (AvgIpc) is 2.97. The minimum atomic E-state index is -4.89. The number of amides is 1. The summed E-state index contributed by atoms with van der Waals surface area (Å²) in [5.41, 5.74) is 1.71. The van der Waals surface area contributed by atoms with E-state index in [1.54, 1.807) is 30.0 Å². The van der Waals surface area contributed by atoms with E-state index < -0.39 is 44.3 Å². The summed E-state index contributed by atoms with van der Waals surface area (Å²) in [6.07, 6.45) is -4.81. The summed E-state index contributed by atoms with van der Waals surface area (Å²) in [6.45, 7) is 4.88. The number of carbonyl (C=O) groups is 1. The molecule has 0 N–H and O–H groups in total. The fourth-order valence-electron chi connectivity index (χ4n) is 6.09. The number of piperazine rings is 1. The van der Waals surface area contributed by atoms with Crippen LogP contribution in [0.25, 0.3) is 0 Å². The van der Waals surface area contributed by atoms with E-state index >= 15 is 4.39 Å². The van der Waals surface area contributed by atoms with Crippen molar-refractivity contribution in [3.05, 3.63) is 93.8 Å². The fourth-order valence-corrected chi connectivity index (χ4v) is 7.95. The minimum Gasteiger partial charge on any atom is -0.368 e. The third kappa shape index (κ3) is 6.39. The smallest absolute Gasteiger partial charge is 0.368 e. The molecule has 1 amide bonds. The molecule has 230 valence electrons. The van der Waals surface area contributed by atoms with Crippen molar-refractivity contribution >= 4 is 33.2 Å². The average molecular weight is 638 g/mol. The van der Waals surface area contributed by atoms with Crippen LogP contribution in [0.1, 0.15) is 34.6 Å². The van der Waals surface area contributed by atoms with E-state index in [0.717, 1.165) is 33.8 Å². The van der Waals surface area contributed by atoms with Crippen molar-refractivity contribution < 1.29 is 30.8 Å². The van der Waals surface area contributed by atoms with E-state index in [1.165, 1.54) is 12.1 Å². The molecule has 2 heterocycles. The fraction of sp³-hybridized carbons (Fsp3) is 0.387. The standard InChI is InChI=1S/C31H32ClF4N3O3S/c1-20-7-10-24(27(33)17-20)23-11-12-39(43(41,42)29-6-4-3-5-26(29)31(34,35)36)19-25(23)30(40)38-15-13-37(14-16-38)28-18-22(32)9-8-21(28)2/h3-10,17-18,23,25H,11-16,19H2,1-2H3/t23-,25-/m1/s1. The SMILES string of the molecule is Cc1ccc([C@H]2CCN(S(=O)(=O)c3ccccc3C(F)(F)F)C[C@H]2C(=O)N2CCN(c3cc(Cl)ccc3C)CC2)c(F)c1. The molecular formula is C31H32ClF4N3O3S. The number of rotatable bonds is 5. The molecule has 2 saturated heterocycles. The number of halogens is 5. The summed E-state index contributed by atoms with van der Waals surface area (Å²) >= 11 is 6.20. The number of alkyl halides is 3. The summed E-state index contributed by atoms with van der Waals surface area (Å²) in [5.74, 6) is -2.48. The molecule has 43 heavy (non-hydrogen) atoms. The van der Waals surface area contributed by atoms with E-state index in [1.807, 2.05) is 19.1 Å². The molecule has 0 spiro atoms. The molecule has 0 radical (unpaired) electrons. The Morgan fingerprint density at radius 3 is 2.30 bits per heavy atom. The van der Waals surface area contributed by atoms with Crippen LogP contribution in [0, 0.1) is 25.6 Å². The van der Waals surface area contributed by atoms with Crippen LogP contribution in [0.3, 0.4) is 0 Å². The van der Waals surface area contributed by atoms with Gasteiger partial charge in [0.05, 0.1) is 16.4 Å². The number of anilines is 1. The van der Waals surface area contributed by atoms with E-state index in [9.17, 15) is 26.4 Å². The topological polar surface area (TPSA) is 60.9 Å². The minimum absolute atomic E-state index is 0.0749.